The molecule has 4 heteroatoms. The highest BCUT2D eigenvalue weighted by atomic mass is 16.4. The van der Waals surface area contributed by atoms with Crippen molar-refractivity contribution in [2.24, 2.45) is 0 Å². The van der Waals surface area contributed by atoms with Crippen molar-refractivity contribution in [1.29, 1.82) is 0 Å². The van der Waals surface area contributed by atoms with Crippen LogP contribution in [0.25, 0.3) is 11.3 Å². The molecule has 0 saturated heterocycles. The smallest absolute Gasteiger partial charge is 0.335 e. The van der Waals surface area contributed by atoms with Gasteiger partial charge in [-0.2, -0.15) is 0 Å². The summed E-state index contributed by atoms with van der Waals surface area (Å²) < 4.78 is 5.76. The van der Waals surface area contributed by atoms with Gasteiger partial charge in [-0.25, -0.2) is 4.79 Å². The molecule has 2 aromatic rings. The Labute approximate surface area is 124 Å². The number of hydrogen-bond acceptors (Lipinski definition) is 3. The maximum atomic E-state index is 11.0. The second-order valence-corrected chi connectivity index (χ2v) is 5.04. The Morgan fingerprint density at radius 3 is 2.86 bits per heavy atom. The second kappa shape index (κ2) is 7.64. The minimum atomic E-state index is -0.929. The van der Waals surface area contributed by atoms with E-state index in [4.69, 9.17) is 9.52 Å². The quantitative estimate of drug-likeness (QED) is 0.722. The number of rotatable bonds is 8. The second-order valence-electron chi connectivity index (χ2n) is 5.04. The fourth-order valence-corrected chi connectivity index (χ4v) is 2.15. The predicted octanol–water partition coefficient (Wildman–Crippen LogP) is 3.92. The van der Waals surface area contributed by atoms with Gasteiger partial charge in [0.05, 0.1) is 12.1 Å². The minimum Gasteiger partial charge on any atom is -0.478 e. The Morgan fingerprint density at radius 2 is 2.10 bits per heavy atom. The summed E-state index contributed by atoms with van der Waals surface area (Å²) in [4.78, 5) is 11.0. The summed E-state index contributed by atoms with van der Waals surface area (Å²) in [6.45, 7) is 3.87. The number of hydrogen-bond donors (Lipinski definition) is 2. The molecule has 2 rings (SSSR count). The van der Waals surface area contributed by atoms with E-state index in [1.165, 1.54) is 19.3 Å². The van der Waals surface area contributed by atoms with Gasteiger partial charge in [0.1, 0.15) is 11.5 Å². The van der Waals surface area contributed by atoms with Gasteiger partial charge >= 0.3 is 5.97 Å². The Hall–Kier alpha value is -2.07. The number of aromatic carboxylic acids is 1. The van der Waals surface area contributed by atoms with Gasteiger partial charge in [0.2, 0.25) is 0 Å². The highest BCUT2D eigenvalue weighted by molar-refractivity contribution is 5.89. The van der Waals surface area contributed by atoms with Crippen molar-refractivity contribution in [3.63, 3.8) is 0 Å². The van der Waals surface area contributed by atoms with Gasteiger partial charge in [0.25, 0.3) is 0 Å². The van der Waals surface area contributed by atoms with Crippen LogP contribution in [0.5, 0.6) is 0 Å². The maximum absolute atomic E-state index is 11.0. The van der Waals surface area contributed by atoms with Crippen LogP contribution in [0.2, 0.25) is 0 Å². The highest BCUT2D eigenvalue weighted by Crippen LogP contribution is 2.23. The van der Waals surface area contributed by atoms with Gasteiger partial charge in [0, 0.05) is 5.56 Å². The fourth-order valence-electron chi connectivity index (χ4n) is 2.15. The summed E-state index contributed by atoms with van der Waals surface area (Å²) in [6.07, 6.45) is 3.62. The molecule has 112 valence electrons. The molecule has 0 bridgehead atoms. The van der Waals surface area contributed by atoms with E-state index in [1.54, 1.807) is 18.2 Å². The lowest BCUT2D eigenvalue weighted by Gasteiger charge is -2.02. The predicted molar refractivity (Wildman–Crippen MR) is 82.3 cm³/mol. The minimum absolute atomic E-state index is 0.267. The van der Waals surface area contributed by atoms with Crippen LogP contribution in [0.3, 0.4) is 0 Å². The molecule has 0 amide bonds. The molecular formula is C17H21NO3. The Morgan fingerprint density at radius 1 is 1.24 bits per heavy atom. The first kappa shape index (κ1) is 15.3. The molecule has 0 radical (unpaired) electrons. The molecule has 0 atom stereocenters. The number of carboxylic acids is 1. The van der Waals surface area contributed by atoms with E-state index in [2.05, 4.69) is 12.2 Å². The number of benzene rings is 1. The van der Waals surface area contributed by atoms with E-state index in [0.29, 0.717) is 12.3 Å². The Balaban J connectivity index is 1.96. The van der Waals surface area contributed by atoms with Gasteiger partial charge in [-0.3, -0.25) is 0 Å². The zero-order chi connectivity index (χ0) is 15.1. The molecule has 0 aliphatic heterocycles. The fraction of sp³-hybridized carbons (Fsp3) is 0.353. The molecule has 21 heavy (non-hydrogen) atoms. The first-order valence-electron chi connectivity index (χ1n) is 7.34. The average Bonchev–Trinajstić information content (AvgIpc) is 2.96. The lowest BCUT2D eigenvalue weighted by molar-refractivity contribution is 0.0697. The third kappa shape index (κ3) is 4.46. The summed E-state index contributed by atoms with van der Waals surface area (Å²) in [5.74, 6) is 0.631. The molecular weight excluding hydrogens is 266 g/mol. The van der Waals surface area contributed by atoms with E-state index >= 15 is 0 Å². The summed E-state index contributed by atoms with van der Waals surface area (Å²) in [7, 11) is 0. The molecule has 0 aliphatic carbocycles. The van der Waals surface area contributed by atoms with Crippen molar-refractivity contribution >= 4 is 5.97 Å². The molecule has 2 N–H and O–H groups in total. The molecule has 1 aromatic heterocycles. The van der Waals surface area contributed by atoms with Crippen LogP contribution < -0.4 is 5.32 Å². The summed E-state index contributed by atoms with van der Waals surface area (Å²) in [6, 6.07) is 10.6. The standard InChI is InChI=1S/C17H21NO3/c1-2-3-4-10-18-12-15-8-9-16(21-15)13-6-5-7-14(11-13)17(19)20/h5-9,11,18H,2-4,10,12H2,1H3,(H,19,20). The highest BCUT2D eigenvalue weighted by Gasteiger charge is 2.08. The molecule has 1 aromatic carbocycles. The number of furan rings is 1. The molecule has 4 nitrogen and oxygen atoms in total. The van der Waals surface area contributed by atoms with E-state index in [1.807, 2.05) is 18.2 Å². The van der Waals surface area contributed by atoms with Crippen LogP contribution in [0.15, 0.2) is 40.8 Å². The number of nitrogens with one attached hydrogen (secondary N) is 1. The monoisotopic (exact) mass is 287 g/mol. The molecule has 0 fully saturated rings. The zero-order valence-electron chi connectivity index (χ0n) is 12.3. The van der Waals surface area contributed by atoms with Crippen molar-refractivity contribution in [1.82, 2.24) is 5.32 Å². The third-order valence-corrected chi connectivity index (χ3v) is 3.31. The lowest BCUT2D eigenvalue weighted by atomic mass is 10.1. The zero-order valence-corrected chi connectivity index (χ0v) is 12.3. The van der Waals surface area contributed by atoms with E-state index in [-0.39, 0.29) is 5.56 Å². The van der Waals surface area contributed by atoms with Crippen LogP contribution in [-0.4, -0.2) is 17.6 Å². The first-order chi connectivity index (χ1) is 10.2. The maximum Gasteiger partial charge on any atom is 0.335 e. The van der Waals surface area contributed by atoms with Crippen molar-refractivity contribution in [3.05, 3.63) is 47.7 Å². The Kier molecular flexibility index (Phi) is 5.58. The normalized spacial score (nSPS) is 10.7. The van der Waals surface area contributed by atoms with Gasteiger partial charge in [-0.05, 0) is 37.2 Å². The number of carboxylic acid groups (broad SMARTS) is 1. The van der Waals surface area contributed by atoms with Crippen molar-refractivity contribution < 1.29 is 14.3 Å². The van der Waals surface area contributed by atoms with Gasteiger partial charge in [0.15, 0.2) is 0 Å². The lowest BCUT2D eigenvalue weighted by Crippen LogP contribution is -2.13. The summed E-state index contributed by atoms with van der Waals surface area (Å²) in [5, 5.41) is 12.4. The first-order valence-corrected chi connectivity index (χ1v) is 7.34. The van der Waals surface area contributed by atoms with Crippen molar-refractivity contribution in [2.75, 3.05) is 6.54 Å². The molecule has 1 heterocycles. The van der Waals surface area contributed by atoms with Crippen LogP contribution in [0, 0.1) is 0 Å². The van der Waals surface area contributed by atoms with Gasteiger partial charge in [-0.15, -0.1) is 0 Å². The van der Waals surface area contributed by atoms with E-state index in [0.717, 1.165) is 17.9 Å². The van der Waals surface area contributed by atoms with Crippen LogP contribution >= 0.6 is 0 Å². The molecule has 0 spiro atoms. The SMILES string of the molecule is CCCCCNCc1ccc(-c2cccc(C(=O)O)c2)o1. The average molecular weight is 287 g/mol. The van der Waals surface area contributed by atoms with Crippen LogP contribution in [0.1, 0.15) is 42.3 Å². The summed E-state index contributed by atoms with van der Waals surface area (Å²) in [5.41, 5.74) is 1.05. The van der Waals surface area contributed by atoms with Crippen LogP contribution in [-0.2, 0) is 6.54 Å². The summed E-state index contributed by atoms with van der Waals surface area (Å²) >= 11 is 0. The van der Waals surface area contributed by atoms with E-state index in [9.17, 15) is 4.79 Å². The van der Waals surface area contributed by atoms with Crippen LogP contribution in [0.4, 0.5) is 0 Å². The van der Waals surface area contributed by atoms with Gasteiger partial charge in [-0.1, -0.05) is 31.9 Å². The number of carbonyl (C=O) groups is 1. The molecule has 0 saturated carbocycles. The van der Waals surface area contributed by atoms with Gasteiger partial charge < -0.3 is 14.8 Å². The largest absolute Gasteiger partial charge is 0.478 e. The number of unbranched alkanes of at least 4 members (excludes halogenated alkanes) is 2. The Bertz CT molecular complexity index is 589. The topological polar surface area (TPSA) is 62.5 Å². The van der Waals surface area contributed by atoms with Crippen molar-refractivity contribution in [3.8, 4) is 11.3 Å². The molecule has 0 aliphatic rings. The third-order valence-electron chi connectivity index (χ3n) is 3.31. The van der Waals surface area contributed by atoms with Crippen molar-refractivity contribution in [2.45, 2.75) is 32.7 Å². The molecule has 0 unspecified atom stereocenters. The van der Waals surface area contributed by atoms with E-state index < -0.39 is 5.97 Å².